The van der Waals surface area contributed by atoms with Gasteiger partial charge in [0.25, 0.3) is 5.91 Å². The van der Waals surface area contributed by atoms with E-state index >= 15 is 0 Å². The molecule has 0 saturated heterocycles. The maximum absolute atomic E-state index is 12.5. The quantitative estimate of drug-likeness (QED) is 0.691. The summed E-state index contributed by atoms with van der Waals surface area (Å²) >= 11 is 12.0. The highest BCUT2D eigenvalue weighted by Crippen LogP contribution is 2.22. The number of nitrogens with zero attached hydrogens (tertiary/aromatic N) is 4. The van der Waals surface area contributed by atoms with Gasteiger partial charge in [0.1, 0.15) is 0 Å². The smallest absolute Gasteiger partial charge is 0.304 e. The fourth-order valence-corrected chi connectivity index (χ4v) is 2.76. The lowest BCUT2D eigenvalue weighted by molar-refractivity contribution is 0.0561. The number of amides is 1. The number of aromatic nitrogens is 4. The van der Waals surface area contributed by atoms with Gasteiger partial charge >= 0.3 is 6.55 Å². The molecule has 0 saturated carbocycles. The third kappa shape index (κ3) is 4.03. The van der Waals surface area contributed by atoms with Crippen molar-refractivity contribution in [1.82, 2.24) is 19.6 Å². The number of rotatable bonds is 5. The first kappa shape index (κ1) is 18.3. The second-order valence-electron chi connectivity index (χ2n) is 5.48. The molecule has 1 N–H and O–H groups in total. The second kappa shape index (κ2) is 7.43. The largest absolute Gasteiger partial charge is 0.333 e. The van der Waals surface area contributed by atoms with Crippen LogP contribution in [0.2, 0.25) is 10.0 Å². The van der Waals surface area contributed by atoms with Crippen molar-refractivity contribution >= 4 is 34.9 Å². The number of aryl methyl sites for hydroxylation is 1. The highest BCUT2D eigenvalue weighted by Gasteiger charge is 2.15. The third-order valence-electron chi connectivity index (χ3n) is 3.60. The van der Waals surface area contributed by atoms with Crippen molar-refractivity contribution in [2.45, 2.75) is 20.0 Å². The van der Waals surface area contributed by atoms with E-state index in [1.165, 1.54) is 6.07 Å². The van der Waals surface area contributed by atoms with Crippen molar-refractivity contribution in [3.05, 3.63) is 63.5 Å². The van der Waals surface area contributed by atoms with E-state index in [-0.39, 0.29) is 11.5 Å². The van der Waals surface area contributed by atoms with E-state index < -0.39 is 12.5 Å². The van der Waals surface area contributed by atoms with E-state index in [4.69, 9.17) is 23.2 Å². The van der Waals surface area contributed by atoms with Crippen LogP contribution in [0.1, 0.15) is 28.3 Å². The molecule has 0 radical (unpaired) electrons. The monoisotopic (exact) mass is 399 g/mol. The van der Waals surface area contributed by atoms with Crippen LogP contribution in [0.4, 0.5) is 14.6 Å². The number of carbonyl (C=O) groups is 1. The molecule has 26 heavy (non-hydrogen) atoms. The molecule has 0 bridgehead atoms. The van der Waals surface area contributed by atoms with Gasteiger partial charge in [0.15, 0.2) is 11.5 Å². The maximum atomic E-state index is 12.5. The average molecular weight is 400 g/mol. The number of hydrogen-bond donors (Lipinski definition) is 1. The zero-order valence-corrected chi connectivity index (χ0v) is 15.0. The summed E-state index contributed by atoms with van der Waals surface area (Å²) in [5.41, 5.74) is 1.47. The minimum absolute atomic E-state index is 0.127. The van der Waals surface area contributed by atoms with Gasteiger partial charge in [-0.1, -0.05) is 29.3 Å². The lowest BCUT2D eigenvalue weighted by Crippen LogP contribution is -2.14. The number of carbonyl (C=O) groups excluding carboxylic acids is 1. The zero-order valence-electron chi connectivity index (χ0n) is 13.5. The van der Waals surface area contributed by atoms with Gasteiger partial charge in [-0.15, -0.1) is 0 Å². The summed E-state index contributed by atoms with van der Waals surface area (Å²) in [6.45, 7) is -0.600. The zero-order chi connectivity index (χ0) is 18.8. The van der Waals surface area contributed by atoms with Crippen LogP contribution in [-0.2, 0) is 6.54 Å². The molecule has 0 aliphatic carbocycles. The first-order valence-corrected chi connectivity index (χ1v) is 8.22. The Morgan fingerprint density at radius 3 is 2.65 bits per heavy atom. The topological polar surface area (TPSA) is 64.7 Å². The van der Waals surface area contributed by atoms with Crippen LogP contribution in [0, 0.1) is 6.92 Å². The van der Waals surface area contributed by atoms with Gasteiger partial charge in [-0.2, -0.15) is 19.0 Å². The van der Waals surface area contributed by atoms with Crippen molar-refractivity contribution < 1.29 is 13.6 Å². The molecule has 6 nitrogen and oxygen atoms in total. The predicted molar refractivity (Wildman–Crippen MR) is 94.0 cm³/mol. The molecule has 0 aliphatic heterocycles. The second-order valence-corrected chi connectivity index (χ2v) is 6.32. The van der Waals surface area contributed by atoms with E-state index in [2.05, 4.69) is 15.5 Å². The molecule has 1 aromatic carbocycles. The van der Waals surface area contributed by atoms with Gasteiger partial charge < -0.3 is 5.32 Å². The SMILES string of the molecule is Cc1cc(NC(=O)c2ccn(C(F)F)n2)nn1Cc1ccc(Cl)cc1Cl. The van der Waals surface area contributed by atoms with Gasteiger partial charge in [-0.05, 0) is 30.7 Å². The number of anilines is 1. The molecule has 0 fully saturated rings. The lowest BCUT2D eigenvalue weighted by Gasteiger charge is -2.07. The Morgan fingerprint density at radius 2 is 2.00 bits per heavy atom. The Balaban J connectivity index is 1.74. The predicted octanol–water partition coefficient (Wildman–Crippen LogP) is 4.39. The summed E-state index contributed by atoms with van der Waals surface area (Å²) < 4.78 is 27.1. The van der Waals surface area contributed by atoms with Gasteiger partial charge in [-0.25, -0.2) is 4.68 Å². The number of nitrogens with one attached hydrogen (secondary N) is 1. The molecule has 0 unspecified atom stereocenters. The van der Waals surface area contributed by atoms with E-state index in [1.54, 1.807) is 28.9 Å². The molecular weight excluding hydrogens is 387 g/mol. The van der Waals surface area contributed by atoms with Crippen LogP contribution < -0.4 is 5.32 Å². The summed E-state index contributed by atoms with van der Waals surface area (Å²) in [5, 5.41) is 11.4. The maximum Gasteiger partial charge on any atom is 0.333 e. The summed E-state index contributed by atoms with van der Waals surface area (Å²) in [6, 6.07) is 8.02. The minimum Gasteiger partial charge on any atom is -0.304 e. The van der Waals surface area contributed by atoms with Gasteiger partial charge in [0.2, 0.25) is 0 Å². The minimum atomic E-state index is -2.80. The van der Waals surface area contributed by atoms with Crippen LogP contribution in [0.3, 0.4) is 0 Å². The Kier molecular flexibility index (Phi) is 5.24. The van der Waals surface area contributed by atoms with Crippen LogP contribution in [0.15, 0.2) is 36.5 Å². The molecule has 136 valence electrons. The molecule has 3 aromatic rings. The van der Waals surface area contributed by atoms with Crippen LogP contribution in [0.25, 0.3) is 0 Å². The number of hydrogen-bond acceptors (Lipinski definition) is 3. The molecular formula is C16H13Cl2F2N5O. The van der Waals surface area contributed by atoms with Crippen LogP contribution >= 0.6 is 23.2 Å². The number of benzene rings is 1. The normalized spacial score (nSPS) is 11.2. The van der Waals surface area contributed by atoms with Gasteiger partial charge in [-0.3, -0.25) is 9.48 Å². The van der Waals surface area contributed by atoms with Crippen molar-refractivity contribution in [2.24, 2.45) is 0 Å². The first-order valence-electron chi connectivity index (χ1n) is 7.46. The van der Waals surface area contributed by atoms with E-state index in [0.29, 0.717) is 21.3 Å². The van der Waals surface area contributed by atoms with E-state index in [1.807, 2.05) is 6.92 Å². The van der Waals surface area contributed by atoms with E-state index in [0.717, 1.165) is 17.5 Å². The van der Waals surface area contributed by atoms with E-state index in [9.17, 15) is 13.6 Å². The molecule has 3 rings (SSSR count). The summed E-state index contributed by atoms with van der Waals surface area (Å²) in [5.74, 6) is -0.345. The summed E-state index contributed by atoms with van der Waals surface area (Å²) in [4.78, 5) is 12.1. The highest BCUT2D eigenvalue weighted by molar-refractivity contribution is 6.35. The Bertz CT molecular complexity index is 954. The standard InChI is InChI=1S/C16H13Cl2F2N5O/c1-9-6-14(21-15(26)13-4-5-24(22-13)16(19)20)23-25(9)8-10-2-3-11(17)7-12(10)18/h2-7,16H,8H2,1H3,(H,21,23,26). The Morgan fingerprint density at radius 1 is 1.23 bits per heavy atom. The fourth-order valence-electron chi connectivity index (χ4n) is 2.29. The van der Waals surface area contributed by atoms with Crippen LogP contribution in [-0.4, -0.2) is 25.5 Å². The first-order chi connectivity index (χ1) is 12.3. The number of halogens is 4. The highest BCUT2D eigenvalue weighted by atomic mass is 35.5. The Labute approximate surface area is 157 Å². The van der Waals surface area contributed by atoms with Crippen molar-refractivity contribution in [2.75, 3.05) is 5.32 Å². The van der Waals surface area contributed by atoms with Gasteiger partial charge in [0.05, 0.1) is 6.54 Å². The van der Waals surface area contributed by atoms with Crippen molar-refractivity contribution in [3.63, 3.8) is 0 Å². The fraction of sp³-hybridized carbons (Fsp3) is 0.188. The third-order valence-corrected chi connectivity index (χ3v) is 4.19. The molecule has 0 aliphatic rings. The van der Waals surface area contributed by atoms with Crippen LogP contribution in [0.5, 0.6) is 0 Å². The average Bonchev–Trinajstić information content (AvgIpc) is 3.18. The molecule has 0 atom stereocenters. The Hall–Kier alpha value is -2.45. The summed E-state index contributed by atoms with van der Waals surface area (Å²) in [6.07, 6.45) is 1.03. The molecule has 0 spiro atoms. The lowest BCUT2D eigenvalue weighted by atomic mass is 10.2. The summed E-state index contributed by atoms with van der Waals surface area (Å²) in [7, 11) is 0. The molecule has 2 aromatic heterocycles. The molecule has 2 heterocycles. The molecule has 1 amide bonds. The molecule has 10 heteroatoms. The number of alkyl halides is 2. The van der Waals surface area contributed by atoms with Gasteiger partial charge in [0, 0.05) is 28.0 Å². The van der Waals surface area contributed by atoms with Crippen molar-refractivity contribution in [1.29, 1.82) is 0 Å². The van der Waals surface area contributed by atoms with Crippen molar-refractivity contribution in [3.8, 4) is 0 Å².